The van der Waals surface area contributed by atoms with E-state index in [0.29, 0.717) is 0 Å². The Morgan fingerprint density at radius 2 is 1.67 bits per heavy atom. The fourth-order valence-corrected chi connectivity index (χ4v) is 5.13. The van der Waals surface area contributed by atoms with Gasteiger partial charge in [0.25, 0.3) is 0 Å². The van der Waals surface area contributed by atoms with E-state index in [4.69, 9.17) is 0 Å². The molecule has 0 nitrogen and oxygen atoms in total. The van der Waals surface area contributed by atoms with Crippen molar-refractivity contribution in [3.05, 3.63) is 0 Å². The fraction of sp³-hybridized carbons (Fsp3) is 1.00. The van der Waals surface area contributed by atoms with Crippen LogP contribution in [0.25, 0.3) is 0 Å². The van der Waals surface area contributed by atoms with Crippen molar-refractivity contribution >= 4 is 8.80 Å². The maximum atomic E-state index is 2.43. The van der Waals surface area contributed by atoms with Crippen LogP contribution < -0.4 is 0 Å². The Bertz CT molecular complexity index is 99.2. The van der Waals surface area contributed by atoms with E-state index in [1.54, 1.807) is 6.04 Å². The molecule has 0 aliphatic heterocycles. The molecule has 2 atom stereocenters. The molecule has 0 saturated carbocycles. The molecule has 0 spiro atoms. The summed E-state index contributed by atoms with van der Waals surface area (Å²) in [6.45, 7) is 11.9. The molecule has 0 aromatic carbocycles. The summed E-state index contributed by atoms with van der Waals surface area (Å²) in [6, 6.07) is 3.06. The van der Waals surface area contributed by atoms with Crippen LogP contribution in [-0.4, -0.2) is 8.80 Å². The minimum absolute atomic E-state index is 0.376. The lowest BCUT2D eigenvalue weighted by Crippen LogP contribution is -2.18. The van der Waals surface area contributed by atoms with Gasteiger partial charge in [-0.3, -0.25) is 0 Å². The average Bonchev–Trinajstić information content (AvgIpc) is 2.00. The molecule has 74 valence electrons. The van der Waals surface area contributed by atoms with Crippen LogP contribution in [0, 0.1) is 5.92 Å². The third-order valence-corrected chi connectivity index (χ3v) is 7.30. The molecule has 0 aliphatic carbocycles. The Hall–Kier alpha value is 0.217. The minimum Gasteiger partial charge on any atom is -0.0680 e. The highest BCUT2D eigenvalue weighted by Gasteiger charge is 2.15. The van der Waals surface area contributed by atoms with Crippen molar-refractivity contribution in [1.29, 1.82) is 0 Å². The molecule has 0 aliphatic rings. The van der Waals surface area contributed by atoms with E-state index >= 15 is 0 Å². The van der Waals surface area contributed by atoms with Crippen molar-refractivity contribution in [1.82, 2.24) is 0 Å². The van der Waals surface area contributed by atoms with Crippen molar-refractivity contribution in [2.75, 3.05) is 0 Å². The second kappa shape index (κ2) is 6.70. The van der Waals surface area contributed by atoms with Crippen LogP contribution in [0.15, 0.2) is 0 Å². The molecule has 0 radical (unpaired) electrons. The van der Waals surface area contributed by atoms with Crippen LogP contribution in [0.3, 0.4) is 0 Å². The highest BCUT2D eigenvalue weighted by atomic mass is 28.3. The summed E-state index contributed by atoms with van der Waals surface area (Å²) in [6.07, 6.45) is 2.81. The van der Waals surface area contributed by atoms with Crippen molar-refractivity contribution in [3.8, 4) is 0 Å². The van der Waals surface area contributed by atoms with Crippen LogP contribution in [0.5, 0.6) is 0 Å². The van der Waals surface area contributed by atoms with Gasteiger partial charge in [-0.1, -0.05) is 65.1 Å². The minimum atomic E-state index is -0.376. The van der Waals surface area contributed by atoms with Crippen LogP contribution in [0.1, 0.15) is 47.5 Å². The molecule has 0 bridgehead atoms. The van der Waals surface area contributed by atoms with Crippen molar-refractivity contribution < 1.29 is 0 Å². The first-order valence-corrected chi connectivity index (χ1v) is 7.91. The molecule has 0 saturated heterocycles. The van der Waals surface area contributed by atoms with E-state index in [-0.39, 0.29) is 8.80 Å². The highest BCUT2D eigenvalue weighted by molar-refractivity contribution is 6.60. The van der Waals surface area contributed by atoms with Gasteiger partial charge in [-0.25, -0.2) is 0 Å². The van der Waals surface area contributed by atoms with Gasteiger partial charge in [-0.05, 0) is 5.92 Å². The Kier molecular flexibility index (Phi) is 6.82. The molecule has 0 aromatic rings. The lowest BCUT2D eigenvalue weighted by Gasteiger charge is -2.21. The van der Waals surface area contributed by atoms with E-state index in [0.717, 1.165) is 11.5 Å². The topological polar surface area (TPSA) is 0 Å². The molecule has 0 rings (SSSR count). The van der Waals surface area contributed by atoms with E-state index in [2.05, 4.69) is 34.6 Å². The molecular formula is C11H26Si. The second-order valence-electron chi connectivity index (χ2n) is 4.54. The smallest absolute Gasteiger partial charge is 0.0393 e. The predicted octanol–water partition coefficient (Wildman–Crippen LogP) is 4.08. The van der Waals surface area contributed by atoms with Gasteiger partial charge in [0.05, 0.1) is 0 Å². The van der Waals surface area contributed by atoms with Crippen molar-refractivity contribution in [2.45, 2.75) is 65.1 Å². The van der Waals surface area contributed by atoms with E-state index < -0.39 is 0 Å². The lowest BCUT2D eigenvalue weighted by atomic mass is 10.1. The molecule has 1 heteroatoms. The number of rotatable bonds is 6. The summed E-state index contributed by atoms with van der Waals surface area (Å²) in [4.78, 5) is 0. The maximum Gasteiger partial charge on any atom is 0.0393 e. The Morgan fingerprint density at radius 3 is 2.00 bits per heavy atom. The first kappa shape index (κ1) is 12.2. The molecule has 0 fully saturated rings. The fourth-order valence-electron chi connectivity index (χ4n) is 2.04. The zero-order chi connectivity index (χ0) is 9.56. The van der Waals surface area contributed by atoms with E-state index in [9.17, 15) is 0 Å². The SMILES string of the molecule is CCCC(C)C[SiH](CC)C(C)C. The Labute approximate surface area is 80.4 Å². The predicted molar refractivity (Wildman–Crippen MR) is 61.6 cm³/mol. The van der Waals surface area contributed by atoms with Crippen LogP contribution in [0.2, 0.25) is 17.6 Å². The van der Waals surface area contributed by atoms with Crippen LogP contribution in [0.4, 0.5) is 0 Å². The zero-order valence-electron chi connectivity index (χ0n) is 9.56. The molecule has 0 heterocycles. The van der Waals surface area contributed by atoms with Gasteiger partial charge in [0.2, 0.25) is 0 Å². The number of hydrogen-bond acceptors (Lipinski definition) is 0. The molecule has 12 heavy (non-hydrogen) atoms. The standard InChI is InChI=1S/C11H26Si/c1-6-8-11(5)9-12(7-2)10(3)4/h10-12H,6-9H2,1-5H3. The lowest BCUT2D eigenvalue weighted by molar-refractivity contribution is 0.567. The Morgan fingerprint density at radius 1 is 1.08 bits per heavy atom. The first-order valence-electron chi connectivity index (χ1n) is 5.61. The summed E-state index contributed by atoms with van der Waals surface area (Å²) in [7, 11) is -0.376. The molecule has 0 amide bonds. The van der Waals surface area contributed by atoms with Gasteiger partial charge >= 0.3 is 0 Å². The van der Waals surface area contributed by atoms with Gasteiger partial charge in [0.1, 0.15) is 0 Å². The number of hydrogen-bond donors (Lipinski definition) is 0. The summed E-state index contributed by atoms with van der Waals surface area (Å²) in [5.41, 5.74) is 1.01. The average molecular weight is 186 g/mol. The van der Waals surface area contributed by atoms with Gasteiger partial charge in [-0.2, -0.15) is 0 Å². The van der Waals surface area contributed by atoms with Gasteiger partial charge in [0.15, 0.2) is 0 Å². The van der Waals surface area contributed by atoms with Crippen LogP contribution >= 0.6 is 0 Å². The van der Waals surface area contributed by atoms with Crippen LogP contribution in [-0.2, 0) is 0 Å². The normalized spacial score (nSPS) is 16.5. The summed E-state index contributed by atoms with van der Waals surface area (Å²) in [5.74, 6) is 0.994. The zero-order valence-corrected chi connectivity index (χ0v) is 10.7. The quantitative estimate of drug-likeness (QED) is 0.548. The molecule has 2 unspecified atom stereocenters. The molecule has 0 aromatic heterocycles. The largest absolute Gasteiger partial charge is 0.0680 e. The summed E-state index contributed by atoms with van der Waals surface area (Å²) in [5, 5.41) is 0. The Balaban J connectivity index is 3.69. The summed E-state index contributed by atoms with van der Waals surface area (Å²) < 4.78 is 0. The second-order valence-corrected chi connectivity index (χ2v) is 8.68. The molecular weight excluding hydrogens is 160 g/mol. The third kappa shape index (κ3) is 4.97. The van der Waals surface area contributed by atoms with E-state index in [1.165, 1.54) is 18.9 Å². The monoisotopic (exact) mass is 186 g/mol. The maximum absolute atomic E-state index is 2.43. The first-order chi connectivity index (χ1) is 5.61. The van der Waals surface area contributed by atoms with Crippen molar-refractivity contribution in [2.24, 2.45) is 5.92 Å². The third-order valence-electron chi connectivity index (χ3n) is 2.95. The highest BCUT2D eigenvalue weighted by Crippen LogP contribution is 2.22. The van der Waals surface area contributed by atoms with E-state index in [1.807, 2.05) is 0 Å². The van der Waals surface area contributed by atoms with Gasteiger partial charge in [0, 0.05) is 8.80 Å². The molecule has 0 N–H and O–H groups in total. The van der Waals surface area contributed by atoms with Gasteiger partial charge < -0.3 is 0 Å². The van der Waals surface area contributed by atoms with Crippen molar-refractivity contribution in [3.63, 3.8) is 0 Å². The summed E-state index contributed by atoms with van der Waals surface area (Å²) >= 11 is 0. The van der Waals surface area contributed by atoms with Gasteiger partial charge in [-0.15, -0.1) is 0 Å².